The number of methoxy groups -OCH3 is 1. The van der Waals surface area contributed by atoms with E-state index in [0.29, 0.717) is 0 Å². The second-order valence-corrected chi connectivity index (χ2v) is 5.51. The van der Waals surface area contributed by atoms with Crippen LogP contribution in [0.15, 0.2) is 35.7 Å². The number of nitrogens with two attached hydrogens (primary N) is 1. The van der Waals surface area contributed by atoms with Crippen molar-refractivity contribution in [1.82, 2.24) is 14.8 Å². The van der Waals surface area contributed by atoms with Crippen LogP contribution in [0.4, 0.5) is 0 Å². The third kappa shape index (κ3) is 3.27. The molecule has 6 heteroatoms. The Morgan fingerprint density at radius 3 is 2.79 bits per heavy atom. The summed E-state index contributed by atoms with van der Waals surface area (Å²) >= 11 is 1.61. The van der Waals surface area contributed by atoms with Gasteiger partial charge in [-0.15, -0.1) is 10.2 Å². The van der Waals surface area contributed by atoms with Gasteiger partial charge in [0.25, 0.3) is 0 Å². The quantitative estimate of drug-likeness (QED) is 0.847. The van der Waals surface area contributed by atoms with E-state index < -0.39 is 0 Å². The van der Waals surface area contributed by atoms with Gasteiger partial charge >= 0.3 is 0 Å². The van der Waals surface area contributed by atoms with E-state index in [9.17, 15) is 0 Å². The predicted octanol–water partition coefficient (Wildman–Crippen LogP) is 2.00. The predicted molar refractivity (Wildman–Crippen MR) is 76.2 cm³/mol. The summed E-state index contributed by atoms with van der Waals surface area (Å²) in [5.41, 5.74) is 7.23. The minimum Gasteiger partial charge on any atom is -0.497 e. The molecule has 0 saturated carbocycles. The summed E-state index contributed by atoms with van der Waals surface area (Å²) in [6.45, 7) is 1.99. The normalized spacial score (nSPS) is 14.1. The molecule has 1 aromatic carbocycles. The summed E-state index contributed by atoms with van der Waals surface area (Å²) < 4.78 is 7.15. The molecular formula is C13H18N4OS. The molecule has 0 radical (unpaired) electrons. The third-order valence-corrected chi connectivity index (χ3v) is 4.34. The number of hydrogen-bond donors (Lipinski definition) is 1. The first-order valence-electron chi connectivity index (χ1n) is 6.02. The number of hydrogen-bond acceptors (Lipinski definition) is 5. The highest BCUT2D eigenvalue weighted by molar-refractivity contribution is 7.99. The van der Waals surface area contributed by atoms with Gasteiger partial charge in [-0.1, -0.05) is 23.9 Å². The minimum absolute atomic E-state index is 0.00574. The van der Waals surface area contributed by atoms with E-state index in [2.05, 4.69) is 16.3 Å². The van der Waals surface area contributed by atoms with Gasteiger partial charge in [-0.05, 0) is 24.6 Å². The standard InChI is InChI=1S/C13H18N4OS/c1-9(14)12(19-13-16-15-8-17(13)2)10-5-4-6-11(7-10)18-3/h4-9,12H,14H2,1-3H3. The maximum Gasteiger partial charge on any atom is 0.191 e. The molecule has 0 fully saturated rings. The molecule has 2 N–H and O–H groups in total. The lowest BCUT2D eigenvalue weighted by molar-refractivity contribution is 0.414. The summed E-state index contributed by atoms with van der Waals surface area (Å²) in [4.78, 5) is 0. The molecule has 2 unspecified atom stereocenters. The number of thioether (sulfide) groups is 1. The molecule has 1 aromatic heterocycles. The molecule has 2 atom stereocenters. The van der Waals surface area contributed by atoms with Gasteiger partial charge < -0.3 is 15.0 Å². The number of ether oxygens (including phenoxy) is 1. The molecule has 0 aliphatic heterocycles. The van der Waals surface area contributed by atoms with E-state index in [1.165, 1.54) is 0 Å². The van der Waals surface area contributed by atoms with Crippen LogP contribution in [-0.4, -0.2) is 27.9 Å². The molecule has 0 aliphatic rings. The fourth-order valence-electron chi connectivity index (χ4n) is 1.79. The van der Waals surface area contributed by atoms with Gasteiger partial charge in [0.15, 0.2) is 5.16 Å². The summed E-state index contributed by atoms with van der Waals surface area (Å²) in [7, 11) is 3.59. The van der Waals surface area contributed by atoms with Crippen LogP contribution in [0.1, 0.15) is 17.7 Å². The molecule has 0 saturated heterocycles. The van der Waals surface area contributed by atoms with Crippen LogP contribution in [0.5, 0.6) is 5.75 Å². The van der Waals surface area contributed by atoms with Crippen molar-refractivity contribution in [2.75, 3.05) is 7.11 Å². The van der Waals surface area contributed by atoms with E-state index in [-0.39, 0.29) is 11.3 Å². The SMILES string of the molecule is COc1cccc(C(Sc2nncn2C)C(C)N)c1. The van der Waals surface area contributed by atoms with E-state index in [1.807, 2.05) is 36.7 Å². The Morgan fingerprint density at radius 2 is 2.21 bits per heavy atom. The zero-order valence-corrected chi connectivity index (χ0v) is 12.1. The number of rotatable bonds is 5. The second kappa shape index (κ2) is 6.08. The summed E-state index contributed by atoms with van der Waals surface area (Å²) in [6.07, 6.45) is 1.69. The Balaban J connectivity index is 2.27. The lowest BCUT2D eigenvalue weighted by Crippen LogP contribution is -2.23. The first-order chi connectivity index (χ1) is 9.11. The molecule has 0 bridgehead atoms. The van der Waals surface area contributed by atoms with Crippen molar-refractivity contribution in [1.29, 1.82) is 0 Å². The van der Waals surface area contributed by atoms with Gasteiger partial charge in [0.2, 0.25) is 0 Å². The highest BCUT2D eigenvalue weighted by Crippen LogP contribution is 2.36. The lowest BCUT2D eigenvalue weighted by atomic mass is 10.1. The maximum absolute atomic E-state index is 6.11. The zero-order chi connectivity index (χ0) is 13.8. The topological polar surface area (TPSA) is 66.0 Å². The molecule has 2 rings (SSSR count). The van der Waals surface area contributed by atoms with Crippen LogP contribution >= 0.6 is 11.8 Å². The maximum atomic E-state index is 6.11. The summed E-state index contributed by atoms with van der Waals surface area (Å²) in [5, 5.41) is 8.94. The van der Waals surface area contributed by atoms with Crippen molar-refractivity contribution in [3.05, 3.63) is 36.2 Å². The van der Waals surface area contributed by atoms with Gasteiger partial charge in [-0.2, -0.15) is 0 Å². The Kier molecular flexibility index (Phi) is 4.44. The van der Waals surface area contributed by atoms with Crippen molar-refractivity contribution in [3.8, 4) is 5.75 Å². The summed E-state index contributed by atoms with van der Waals surface area (Å²) in [5.74, 6) is 0.835. The Hall–Kier alpha value is -1.53. The first-order valence-corrected chi connectivity index (χ1v) is 6.90. The molecular weight excluding hydrogens is 260 g/mol. The molecule has 19 heavy (non-hydrogen) atoms. The molecule has 2 aromatic rings. The minimum atomic E-state index is -0.00574. The van der Waals surface area contributed by atoms with E-state index in [4.69, 9.17) is 10.5 Å². The molecule has 0 amide bonds. The monoisotopic (exact) mass is 278 g/mol. The Labute approximate surface area is 117 Å². The smallest absolute Gasteiger partial charge is 0.191 e. The van der Waals surface area contributed by atoms with Gasteiger partial charge in [0.1, 0.15) is 12.1 Å². The zero-order valence-electron chi connectivity index (χ0n) is 11.3. The molecule has 102 valence electrons. The van der Waals surface area contributed by atoms with E-state index >= 15 is 0 Å². The number of nitrogens with zero attached hydrogens (tertiary/aromatic N) is 3. The van der Waals surface area contributed by atoms with Crippen LogP contribution < -0.4 is 10.5 Å². The fraction of sp³-hybridized carbons (Fsp3) is 0.385. The third-order valence-electron chi connectivity index (χ3n) is 2.80. The molecule has 0 spiro atoms. The van der Waals surface area contributed by atoms with Crippen LogP contribution in [0, 0.1) is 0 Å². The fourth-order valence-corrected chi connectivity index (χ4v) is 2.82. The molecule has 5 nitrogen and oxygen atoms in total. The van der Waals surface area contributed by atoms with Crippen molar-refractivity contribution in [2.45, 2.75) is 23.4 Å². The van der Waals surface area contributed by atoms with Gasteiger partial charge in [-0.3, -0.25) is 0 Å². The van der Waals surface area contributed by atoms with Gasteiger partial charge in [0.05, 0.1) is 12.4 Å². The van der Waals surface area contributed by atoms with Gasteiger partial charge in [0, 0.05) is 13.1 Å². The van der Waals surface area contributed by atoms with Crippen molar-refractivity contribution in [3.63, 3.8) is 0 Å². The van der Waals surface area contributed by atoms with Crippen LogP contribution in [-0.2, 0) is 7.05 Å². The Morgan fingerprint density at radius 1 is 1.42 bits per heavy atom. The van der Waals surface area contributed by atoms with Crippen LogP contribution in [0.25, 0.3) is 0 Å². The lowest BCUT2D eigenvalue weighted by Gasteiger charge is -2.20. The Bertz CT molecular complexity index is 541. The second-order valence-electron chi connectivity index (χ2n) is 4.40. The van der Waals surface area contributed by atoms with E-state index in [1.54, 1.807) is 25.2 Å². The number of aryl methyl sites for hydroxylation is 1. The largest absolute Gasteiger partial charge is 0.497 e. The van der Waals surface area contributed by atoms with Crippen LogP contribution in [0.2, 0.25) is 0 Å². The molecule has 0 aliphatic carbocycles. The van der Waals surface area contributed by atoms with Crippen molar-refractivity contribution in [2.24, 2.45) is 12.8 Å². The van der Waals surface area contributed by atoms with E-state index in [0.717, 1.165) is 16.5 Å². The average molecular weight is 278 g/mol. The van der Waals surface area contributed by atoms with Crippen molar-refractivity contribution >= 4 is 11.8 Å². The summed E-state index contributed by atoms with van der Waals surface area (Å²) in [6, 6.07) is 7.96. The first kappa shape index (κ1) is 13.9. The van der Waals surface area contributed by atoms with Crippen molar-refractivity contribution < 1.29 is 4.74 Å². The highest BCUT2D eigenvalue weighted by Gasteiger charge is 2.20. The van der Waals surface area contributed by atoms with Crippen LogP contribution in [0.3, 0.4) is 0 Å². The number of benzene rings is 1. The number of aromatic nitrogens is 3. The highest BCUT2D eigenvalue weighted by atomic mass is 32.2. The molecule has 1 heterocycles. The van der Waals surface area contributed by atoms with Gasteiger partial charge in [-0.25, -0.2) is 0 Å². The average Bonchev–Trinajstić information content (AvgIpc) is 2.81.